The van der Waals surface area contributed by atoms with Crippen LogP contribution in [-0.2, 0) is 0 Å². The Bertz CT molecular complexity index is 3170. The number of hydrogen-bond donors (Lipinski definition) is 0. The molecular weight excluding hydrogens is 613 g/mol. The van der Waals surface area contributed by atoms with Gasteiger partial charge in [-0.3, -0.25) is 14.1 Å². The van der Waals surface area contributed by atoms with Gasteiger partial charge >= 0.3 is 0 Å². The van der Waals surface area contributed by atoms with E-state index in [1.807, 2.05) is 54.7 Å². The van der Waals surface area contributed by atoms with Gasteiger partial charge in [0.15, 0.2) is 11.6 Å². The minimum absolute atomic E-state index is 0.789. The zero-order valence-electron chi connectivity index (χ0n) is 26.7. The average Bonchev–Trinajstić information content (AvgIpc) is 3.68. The highest BCUT2D eigenvalue weighted by molar-refractivity contribution is 6.19. The van der Waals surface area contributed by atoms with Crippen molar-refractivity contribution in [2.45, 2.75) is 0 Å². The number of rotatable bonds is 3. The molecule has 11 aromatic rings. The van der Waals surface area contributed by atoms with Gasteiger partial charge in [0, 0.05) is 27.1 Å². The van der Waals surface area contributed by atoms with E-state index in [0.717, 1.165) is 88.6 Å². The lowest BCUT2D eigenvalue weighted by Gasteiger charge is -2.14. The van der Waals surface area contributed by atoms with Crippen LogP contribution in [0.25, 0.3) is 99.3 Å². The average molecular weight is 639 g/mol. The second-order valence-electron chi connectivity index (χ2n) is 12.8. The van der Waals surface area contributed by atoms with Crippen LogP contribution >= 0.6 is 0 Å². The number of benzene rings is 7. The summed E-state index contributed by atoms with van der Waals surface area (Å²) in [5, 5.41) is 6.91. The van der Waals surface area contributed by atoms with Crippen LogP contribution in [0.4, 0.5) is 0 Å². The molecule has 0 bridgehead atoms. The zero-order valence-corrected chi connectivity index (χ0v) is 26.7. The van der Waals surface area contributed by atoms with E-state index >= 15 is 0 Å². The fraction of sp³-hybridized carbons (Fsp3) is 0. The first-order valence-electron chi connectivity index (χ1n) is 16.7. The molecule has 50 heavy (non-hydrogen) atoms. The zero-order chi connectivity index (χ0) is 32.8. The minimum Gasteiger partial charge on any atom is -0.292 e. The van der Waals surface area contributed by atoms with E-state index in [1.165, 1.54) is 10.8 Å². The van der Waals surface area contributed by atoms with E-state index in [9.17, 15) is 0 Å². The van der Waals surface area contributed by atoms with Crippen molar-refractivity contribution in [2.24, 2.45) is 0 Å². The molecule has 11 rings (SSSR count). The topological polar surface area (TPSA) is 61.4 Å². The van der Waals surface area contributed by atoms with Crippen LogP contribution in [0.2, 0.25) is 0 Å². The summed E-state index contributed by atoms with van der Waals surface area (Å²) in [6.07, 6.45) is 1.88. The number of nitrogens with zero attached hydrogens (tertiary/aromatic N) is 6. The van der Waals surface area contributed by atoms with Gasteiger partial charge in [-0.2, -0.15) is 0 Å². The lowest BCUT2D eigenvalue weighted by Crippen LogP contribution is -2.03. The quantitative estimate of drug-likeness (QED) is 0.193. The number of aromatic nitrogens is 6. The molecule has 7 aromatic carbocycles. The van der Waals surface area contributed by atoms with Crippen molar-refractivity contribution >= 4 is 76.5 Å². The van der Waals surface area contributed by atoms with Crippen molar-refractivity contribution in [2.75, 3.05) is 0 Å². The van der Waals surface area contributed by atoms with Gasteiger partial charge in [-0.25, -0.2) is 15.0 Å². The Labute approximate surface area is 285 Å². The molecule has 232 valence electrons. The van der Waals surface area contributed by atoms with Crippen LogP contribution in [0.3, 0.4) is 0 Å². The van der Waals surface area contributed by atoms with Crippen LogP contribution in [-0.4, -0.2) is 29.1 Å². The molecule has 0 aliphatic heterocycles. The van der Waals surface area contributed by atoms with Gasteiger partial charge < -0.3 is 0 Å². The molecule has 0 aliphatic rings. The molecule has 0 amide bonds. The molecule has 0 unspecified atom stereocenters. The largest absolute Gasteiger partial charge is 0.292 e. The first-order chi connectivity index (χ1) is 24.8. The van der Waals surface area contributed by atoms with E-state index in [1.54, 1.807) is 0 Å². The number of para-hydroxylation sites is 6. The number of hydrogen-bond acceptors (Lipinski definition) is 4. The number of fused-ring (bicyclic) bond motifs is 9. The van der Waals surface area contributed by atoms with Crippen molar-refractivity contribution in [3.63, 3.8) is 0 Å². The first-order valence-corrected chi connectivity index (χ1v) is 16.7. The molecule has 0 saturated carbocycles. The van der Waals surface area contributed by atoms with Gasteiger partial charge in [0.1, 0.15) is 5.69 Å². The van der Waals surface area contributed by atoms with E-state index in [-0.39, 0.29) is 0 Å². The van der Waals surface area contributed by atoms with E-state index in [2.05, 4.69) is 112 Å². The predicted octanol–water partition coefficient (Wildman–Crippen LogP) is 10.6. The highest BCUT2D eigenvalue weighted by atomic mass is 15.1. The first kappa shape index (κ1) is 27.1. The summed E-state index contributed by atoms with van der Waals surface area (Å²) >= 11 is 0. The van der Waals surface area contributed by atoms with Gasteiger partial charge in [0.25, 0.3) is 0 Å². The highest BCUT2D eigenvalue weighted by Crippen LogP contribution is 2.41. The van der Waals surface area contributed by atoms with Crippen molar-refractivity contribution in [3.8, 4) is 22.9 Å². The Morgan fingerprint density at radius 3 is 1.68 bits per heavy atom. The molecule has 0 N–H and O–H groups in total. The third-order valence-electron chi connectivity index (χ3n) is 9.92. The molecule has 6 heteroatoms. The molecule has 4 heterocycles. The van der Waals surface area contributed by atoms with Gasteiger partial charge in [-0.15, -0.1) is 0 Å². The molecule has 0 aliphatic carbocycles. The Morgan fingerprint density at radius 2 is 0.940 bits per heavy atom. The molecular formula is C44H26N6. The smallest absolute Gasteiger partial charge is 0.165 e. The Hall–Kier alpha value is -6.92. The van der Waals surface area contributed by atoms with Crippen molar-refractivity contribution < 1.29 is 0 Å². The molecule has 0 fully saturated rings. The summed E-state index contributed by atoms with van der Waals surface area (Å²) in [6.45, 7) is 0. The summed E-state index contributed by atoms with van der Waals surface area (Å²) in [5.41, 5.74) is 9.62. The van der Waals surface area contributed by atoms with E-state index < -0.39 is 0 Å². The molecule has 0 spiro atoms. The van der Waals surface area contributed by atoms with Crippen LogP contribution in [0.15, 0.2) is 158 Å². The maximum absolute atomic E-state index is 5.38. The summed E-state index contributed by atoms with van der Waals surface area (Å²) in [7, 11) is 0. The highest BCUT2D eigenvalue weighted by Gasteiger charge is 2.22. The normalized spacial score (nSPS) is 12.0. The lowest BCUT2D eigenvalue weighted by atomic mass is 10.0. The second kappa shape index (κ2) is 10.3. The van der Waals surface area contributed by atoms with Crippen LogP contribution in [0.5, 0.6) is 0 Å². The third-order valence-corrected chi connectivity index (χ3v) is 9.92. The summed E-state index contributed by atoms with van der Waals surface area (Å²) in [5.74, 6) is 1.59. The van der Waals surface area contributed by atoms with Crippen molar-refractivity contribution in [3.05, 3.63) is 158 Å². The van der Waals surface area contributed by atoms with E-state index in [0.29, 0.717) is 0 Å². The Balaban J connectivity index is 1.26. The molecule has 4 aromatic heterocycles. The summed E-state index contributed by atoms with van der Waals surface area (Å²) < 4.78 is 4.54. The van der Waals surface area contributed by atoms with Crippen LogP contribution in [0, 0.1) is 0 Å². The molecule has 0 saturated heterocycles. The Morgan fingerprint density at radius 1 is 0.380 bits per heavy atom. The lowest BCUT2D eigenvalue weighted by molar-refractivity contribution is 1.07. The van der Waals surface area contributed by atoms with Crippen LogP contribution < -0.4 is 0 Å². The minimum atomic E-state index is 0.789. The molecule has 6 nitrogen and oxygen atoms in total. The van der Waals surface area contributed by atoms with Gasteiger partial charge in [0.05, 0.1) is 50.3 Å². The third kappa shape index (κ3) is 3.90. The predicted molar refractivity (Wildman–Crippen MR) is 204 cm³/mol. The van der Waals surface area contributed by atoms with Crippen molar-refractivity contribution in [1.82, 2.24) is 29.1 Å². The fourth-order valence-electron chi connectivity index (χ4n) is 7.64. The van der Waals surface area contributed by atoms with Gasteiger partial charge in [-0.05, 0) is 65.4 Å². The maximum Gasteiger partial charge on any atom is 0.165 e. The van der Waals surface area contributed by atoms with Gasteiger partial charge in [0.2, 0.25) is 0 Å². The molecule has 0 atom stereocenters. The van der Waals surface area contributed by atoms with Crippen molar-refractivity contribution in [1.29, 1.82) is 0 Å². The Kier molecular flexibility index (Phi) is 5.57. The van der Waals surface area contributed by atoms with Gasteiger partial charge in [-0.1, -0.05) is 97.1 Å². The maximum atomic E-state index is 5.38. The monoisotopic (exact) mass is 638 g/mol. The second-order valence-corrected chi connectivity index (χ2v) is 12.8. The van der Waals surface area contributed by atoms with E-state index in [4.69, 9.17) is 19.9 Å². The standard InChI is InChI=1S/C44H26N6/c1-2-12-28-23-29(22-21-27(28)11-1)43-44(48-37-18-8-7-17-36(37)47-43)50-39-20-10-4-14-31(39)33-24-40-32(25-41(33)50)30-13-3-9-19-38(30)49(40)42-26-45-34-15-5-6-16-35(34)46-42/h1-26H. The fourth-order valence-corrected chi connectivity index (χ4v) is 7.64. The van der Waals surface area contributed by atoms with Crippen LogP contribution in [0.1, 0.15) is 0 Å². The summed E-state index contributed by atoms with van der Waals surface area (Å²) in [4.78, 5) is 20.5. The summed E-state index contributed by atoms with van der Waals surface area (Å²) in [6, 6.07) is 52.9. The SMILES string of the molecule is c1ccc2cc(-c3nc4ccccc4nc3-n3c4ccccc4c4cc5c(cc43)c3ccccc3n5-c3cnc4ccccc4n3)ccc2c1. The molecule has 0 radical (unpaired) electrons.